The van der Waals surface area contributed by atoms with Crippen LogP contribution < -0.4 is 5.32 Å². The number of nitrogens with one attached hydrogen (secondary N) is 1. The smallest absolute Gasteiger partial charge is 0.223 e. The van der Waals surface area contributed by atoms with Gasteiger partial charge < -0.3 is 10.2 Å². The first-order chi connectivity index (χ1) is 10.5. The van der Waals surface area contributed by atoms with Gasteiger partial charge in [0.2, 0.25) is 5.91 Å². The molecular weight excluding hydrogens is 296 g/mol. The summed E-state index contributed by atoms with van der Waals surface area (Å²) in [5.41, 5.74) is 1.13. The van der Waals surface area contributed by atoms with E-state index in [4.69, 9.17) is 11.6 Å². The Hall–Kier alpha value is -1.06. The minimum atomic E-state index is 0.0863. The Morgan fingerprint density at radius 3 is 2.45 bits per heavy atom. The van der Waals surface area contributed by atoms with Crippen LogP contribution in [0.3, 0.4) is 0 Å². The zero-order chi connectivity index (χ0) is 15.7. The number of hydrogen-bond acceptors (Lipinski definition) is 2. The molecule has 1 amide bonds. The van der Waals surface area contributed by atoms with Crippen molar-refractivity contribution < 1.29 is 4.79 Å². The van der Waals surface area contributed by atoms with Gasteiger partial charge in [0.1, 0.15) is 0 Å². The SMILES string of the molecule is CC(c1ccc(Cl)cc1)N(C)C(=O)CC1CC2CCC(C1)N2. The van der Waals surface area contributed by atoms with Crippen molar-refractivity contribution in [3.63, 3.8) is 0 Å². The highest BCUT2D eigenvalue weighted by molar-refractivity contribution is 6.30. The highest BCUT2D eigenvalue weighted by Gasteiger charge is 2.34. The molecule has 2 bridgehead atoms. The minimum absolute atomic E-state index is 0.0863. The quantitative estimate of drug-likeness (QED) is 0.915. The van der Waals surface area contributed by atoms with Crippen molar-refractivity contribution >= 4 is 17.5 Å². The van der Waals surface area contributed by atoms with E-state index in [1.807, 2.05) is 36.2 Å². The summed E-state index contributed by atoms with van der Waals surface area (Å²) >= 11 is 5.93. The summed E-state index contributed by atoms with van der Waals surface area (Å²) in [5, 5.41) is 4.37. The van der Waals surface area contributed by atoms with Gasteiger partial charge in [-0.3, -0.25) is 4.79 Å². The van der Waals surface area contributed by atoms with Gasteiger partial charge in [-0.2, -0.15) is 0 Å². The predicted molar refractivity (Wildman–Crippen MR) is 89.9 cm³/mol. The van der Waals surface area contributed by atoms with Crippen LogP contribution in [0.2, 0.25) is 5.02 Å². The summed E-state index contributed by atoms with van der Waals surface area (Å²) in [7, 11) is 1.91. The second-order valence-electron chi connectivity index (χ2n) is 6.91. The molecule has 22 heavy (non-hydrogen) atoms. The Bertz CT molecular complexity index is 518. The van der Waals surface area contributed by atoms with Crippen LogP contribution in [0, 0.1) is 5.92 Å². The molecule has 120 valence electrons. The molecule has 4 heteroatoms. The summed E-state index contributed by atoms with van der Waals surface area (Å²) in [6.07, 6.45) is 5.57. The lowest BCUT2D eigenvalue weighted by Gasteiger charge is -2.31. The zero-order valence-corrected chi connectivity index (χ0v) is 14.1. The van der Waals surface area contributed by atoms with Crippen LogP contribution in [0.25, 0.3) is 0 Å². The van der Waals surface area contributed by atoms with Crippen LogP contribution in [-0.2, 0) is 4.79 Å². The van der Waals surface area contributed by atoms with E-state index < -0.39 is 0 Å². The molecule has 2 heterocycles. The molecule has 0 aromatic heterocycles. The molecule has 1 N–H and O–H groups in total. The number of amides is 1. The largest absolute Gasteiger partial charge is 0.339 e. The summed E-state index contributed by atoms with van der Waals surface area (Å²) in [5.74, 6) is 0.805. The number of halogens is 1. The Morgan fingerprint density at radius 1 is 1.27 bits per heavy atom. The van der Waals surface area contributed by atoms with Gasteiger partial charge in [-0.25, -0.2) is 0 Å². The fourth-order valence-corrected chi connectivity index (χ4v) is 4.04. The van der Waals surface area contributed by atoms with Gasteiger partial charge in [0.15, 0.2) is 0 Å². The molecule has 2 fully saturated rings. The van der Waals surface area contributed by atoms with Crippen LogP contribution in [-0.4, -0.2) is 29.9 Å². The van der Waals surface area contributed by atoms with E-state index in [1.54, 1.807) is 0 Å². The molecule has 3 rings (SSSR count). The summed E-state index contributed by atoms with van der Waals surface area (Å²) in [6, 6.07) is 9.16. The molecule has 3 atom stereocenters. The highest BCUT2D eigenvalue weighted by atomic mass is 35.5. The van der Waals surface area contributed by atoms with Crippen LogP contribution >= 0.6 is 11.6 Å². The standard InChI is InChI=1S/C18H25ClN2O/c1-12(14-3-5-15(19)6-4-14)21(2)18(22)11-13-9-16-7-8-17(10-13)20-16/h3-6,12-13,16-17,20H,7-11H2,1-2H3. The number of carbonyl (C=O) groups excluding carboxylic acids is 1. The van der Waals surface area contributed by atoms with Crippen molar-refractivity contribution in [3.05, 3.63) is 34.9 Å². The topological polar surface area (TPSA) is 32.3 Å². The highest BCUT2D eigenvalue weighted by Crippen LogP contribution is 2.33. The first-order valence-electron chi connectivity index (χ1n) is 8.30. The first-order valence-corrected chi connectivity index (χ1v) is 8.68. The molecule has 2 aliphatic heterocycles. The van der Waals surface area contributed by atoms with E-state index >= 15 is 0 Å². The molecule has 1 aromatic carbocycles. The van der Waals surface area contributed by atoms with Crippen molar-refractivity contribution in [1.82, 2.24) is 10.2 Å². The second kappa shape index (κ2) is 6.59. The maximum atomic E-state index is 12.6. The molecule has 3 unspecified atom stereocenters. The third-order valence-corrected chi connectivity index (χ3v) is 5.61. The number of fused-ring (bicyclic) bond motifs is 2. The van der Waals surface area contributed by atoms with Crippen LogP contribution in [0.1, 0.15) is 50.6 Å². The third kappa shape index (κ3) is 3.47. The Balaban J connectivity index is 1.58. The van der Waals surface area contributed by atoms with Gasteiger partial charge in [0.05, 0.1) is 6.04 Å². The van der Waals surface area contributed by atoms with Crippen molar-refractivity contribution in [3.8, 4) is 0 Å². The van der Waals surface area contributed by atoms with Gasteiger partial charge in [-0.15, -0.1) is 0 Å². The number of nitrogens with zero attached hydrogens (tertiary/aromatic N) is 1. The Labute approximate surface area is 138 Å². The Kier molecular flexibility index (Phi) is 4.74. The fourth-order valence-electron chi connectivity index (χ4n) is 3.91. The third-order valence-electron chi connectivity index (χ3n) is 5.36. The summed E-state index contributed by atoms with van der Waals surface area (Å²) < 4.78 is 0. The molecule has 0 radical (unpaired) electrons. The van der Waals surface area contributed by atoms with Crippen molar-refractivity contribution in [2.24, 2.45) is 5.92 Å². The van der Waals surface area contributed by atoms with Gasteiger partial charge in [-0.05, 0) is 56.2 Å². The maximum Gasteiger partial charge on any atom is 0.223 e. The van der Waals surface area contributed by atoms with Crippen LogP contribution in [0.4, 0.5) is 0 Å². The first kappa shape index (κ1) is 15.8. The molecule has 0 aliphatic carbocycles. The Morgan fingerprint density at radius 2 is 1.86 bits per heavy atom. The van der Waals surface area contributed by atoms with E-state index in [0.29, 0.717) is 24.4 Å². The van der Waals surface area contributed by atoms with E-state index in [1.165, 1.54) is 12.8 Å². The average Bonchev–Trinajstić information content (AvgIpc) is 2.85. The monoisotopic (exact) mass is 320 g/mol. The summed E-state index contributed by atoms with van der Waals surface area (Å²) in [4.78, 5) is 14.5. The van der Waals surface area contributed by atoms with Gasteiger partial charge in [-0.1, -0.05) is 23.7 Å². The van der Waals surface area contributed by atoms with Crippen LogP contribution in [0.5, 0.6) is 0 Å². The second-order valence-corrected chi connectivity index (χ2v) is 7.35. The molecule has 2 saturated heterocycles. The van der Waals surface area contributed by atoms with Crippen molar-refractivity contribution in [2.45, 2.75) is 57.2 Å². The maximum absolute atomic E-state index is 12.6. The number of hydrogen-bond donors (Lipinski definition) is 1. The zero-order valence-electron chi connectivity index (χ0n) is 13.4. The summed E-state index contributed by atoms with van der Waals surface area (Å²) in [6.45, 7) is 2.08. The minimum Gasteiger partial charge on any atom is -0.339 e. The van der Waals surface area contributed by atoms with Gasteiger partial charge in [0.25, 0.3) is 0 Å². The predicted octanol–water partition coefficient (Wildman–Crippen LogP) is 3.78. The normalized spacial score (nSPS) is 28.4. The fraction of sp³-hybridized carbons (Fsp3) is 0.611. The lowest BCUT2D eigenvalue weighted by Crippen LogP contribution is -2.40. The lowest BCUT2D eigenvalue weighted by molar-refractivity contribution is -0.133. The van der Waals surface area contributed by atoms with E-state index in [9.17, 15) is 4.79 Å². The lowest BCUT2D eigenvalue weighted by atomic mass is 9.89. The number of benzene rings is 1. The van der Waals surface area contributed by atoms with Gasteiger partial charge >= 0.3 is 0 Å². The molecule has 2 aliphatic rings. The van der Waals surface area contributed by atoms with Crippen molar-refractivity contribution in [2.75, 3.05) is 7.05 Å². The number of rotatable bonds is 4. The van der Waals surface area contributed by atoms with Crippen molar-refractivity contribution in [1.29, 1.82) is 0 Å². The molecule has 0 saturated carbocycles. The molecule has 0 spiro atoms. The molecular formula is C18H25ClN2O. The number of piperidine rings is 1. The average molecular weight is 321 g/mol. The van der Waals surface area contributed by atoms with Gasteiger partial charge in [0, 0.05) is 30.6 Å². The van der Waals surface area contributed by atoms with Crippen LogP contribution in [0.15, 0.2) is 24.3 Å². The molecule has 1 aromatic rings. The van der Waals surface area contributed by atoms with E-state index in [0.717, 1.165) is 23.4 Å². The molecule has 3 nitrogen and oxygen atoms in total. The number of carbonyl (C=O) groups is 1. The van der Waals surface area contributed by atoms with E-state index in [2.05, 4.69) is 12.2 Å². The van der Waals surface area contributed by atoms with E-state index in [-0.39, 0.29) is 11.9 Å².